The van der Waals surface area contributed by atoms with E-state index in [0.717, 1.165) is 38.1 Å². The predicted molar refractivity (Wildman–Crippen MR) is 69.6 cm³/mol. The van der Waals surface area contributed by atoms with Crippen molar-refractivity contribution in [3.05, 3.63) is 0 Å². The van der Waals surface area contributed by atoms with Crippen LogP contribution in [0.5, 0.6) is 0 Å². The molecule has 1 saturated heterocycles. The van der Waals surface area contributed by atoms with Crippen LogP contribution in [0.3, 0.4) is 0 Å². The molecular weight excluding hydrogens is 198 g/mol. The molecule has 0 bridgehead atoms. The molecule has 0 radical (unpaired) electrons. The van der Waals surface area contributed by atoms with Crippen LogP contribution in [0.4, 0.5) is 0 Å². The van der Waals surface area contributed by atoms with Gasteiger partial charge in [-0.1, -0.05) is 27.7 Å². The normalized spacial score (nSPS) is 23.6. The fourth-order valence-electron chi connectivity index (χ4n) is 2.16. The standard InChI is InChI=1S/C14H29NO/c1-12(13-6-10-16-11-13)5-8-15-9-7-14(2,3)4/h12-13,15H,5-11H2,1-4H3. The zero-order valence-electron chi connectivity index (χ0n) is 11.5. The smallest absolute Gasteiger partial charge is 0.0497 e. The molecule has 0 amide bonds. The lowest BCUT2D eigenvalue weighted by molar-refractivity contribution is 0.172. The average molecular weight is 227 g/mol. The number of rotatable bonds is 6. The molecule has 2 atom stereocenters. The molecular formula is C14H29NO. The summed E-state index contributed by atoms with van der Waals surface area (Å²) in [5, 5.41) is 3.56. The number of nitrogens with one attached hydrogen (secondary N) is 1. The monoisotopic (exact) mass is 227 g/mol. The van der Waals surface area contributed by atoms with Gasteiger partial charge in [0, 0.05) is 13.2 Å². The molecule has 1 aliphatic heterocycles. The third-order valence-electron chi connectivity index (χ3n) is 3.60. The second-order valence-corrected chi connectivity index (χ2v) is 6.45. The van der Waals surface area contributed by atoms with Crippen LogP contribution in [-0.4, -0.2) is 26.3 Å². The number of hydrogen-bond donors (Lipinski definition) is 1. The largest absolute Gasteiger partial charge is 0.381 e. The zero-order chi connectivity index (χ0) is 12.0. The Morgan fingerprint density at radius 3 is 2.62 bits per heavy atom. The van der Waals surface area contributed by atoms with E-state index in [4.69, 9.17) is 4.74 Å². The van der Waals surface area contributed by atoms with Crippen LogP contribution in [0, 0.1) is 17.3 Å². The first-order valence-corrected chi connectivity index (χ1v) is 6.77. The zero-order valence-corrected chi connectivity index (χ0v) is 11.5. The van der Waals surface area contributed by atoms with Gasteiger partial charge in [0.05, 0.1) is 0 Å². The highest BCUT2D eigenvalue weighted by Crippen LogP contribution is 2.23. The minimum Gasteiger partial charge on any atom is -0.381 e. The lowest BCUT2D eigenvalue weighted by Gasteiger charge is -2.20. The summed E-state index contributed by atoms with van der Waals surface area (Å²) in [4.78, 5) is 0. The van der Waals surface area contributed by atoms with E-state index in [2.05, 4.69) is 33.0 Å². The highest BCUT2D eigenvalue weighted by atomic mass is 16.5. The minimum absolute atomic E-state index is 0.456. The van der Waals surface area contributed by atoms with Gasteiger partial charge in [0.2, 0.25) is 0 Å². The van der Waals surface area contributed by atoms with E-state index in [-0.39, 0.29) is 0 Å². The molecule has 16 heavy (non-hydrogen) atoms. The molecule has 2 unspecified atom stereocenters. The topological polar surface area (TPSA) is 21.3 Å². The van der Waals surface area contributed by atoms with Gasteiger partial charge in [-0.25, -0.2) is 0 Å². The Morgan fingerprint density at radius 2 is 2.06 bits per heavy atom. The first-order valence-electron chi connectivity index (χ1n) is 6.77. The van der Waals surface area contributed by atoms with Gasteiger partial charge in [-0.15, -0.1) is 0 Å². The molecule has 2 heteroatoms. The molecule has 1 heterocycles. The third kappa shape index (κ3) is 5.86. The molecule has 0 aromatic carbocycles. The first-order chi connectivity index (χ1) is 7.49. The average Bonchev–Trinajstić information content (AvgIpc) is 2.67. The van der Waals surface area contributed by atoms with Crippen molar-refractivity contribution < 1.29 is 4.74 Å². The van der Waals surface area contributed by atoms with E-state index < -0.39 is 0 Å². The molecule has 1 aliphatic rings. The summed E-state index contributed by atoms with van der Waals surface area (Å²) >= 11 is 0. The Morgan fingerprint density at radius 1 is 1.31 bits per heavy atom. The summed E-state index contributed by atoms with van der Waals surface area (Å²) < 4.78 is 5.43. The van der Waals surface area contributed by atoms with E-state index in [9.17, 15) is 0 Å². The highest BCUT2D eigenvalue weighted by molar-refractivity contribution is 4.71. The van der Waals surface area contributed by atoms with Gasteiger partial charge in [-0.3, -0.25) is 0 Å². The van der Waals surface area contributed by atoms with Crippen molar-refractivity contribution in [2.75, 3.05) is 26.3 Å². The van der Waals surface area contributed by atoms with Crippen molar-refractivity contribution in [2.45, 2.75) is 47.0 Å². The number of hydrogen-bond acceptors (Lipinski definition) is 2. The van der Waals surface area contributed by atoms with E-state index in [0.29, 0.717) is 5.41 Å². The molecule has 96 valence electrons. The molecule has 0 spiro atoms. The Labute approximate surface area is 101 Å². The summed E-state index contributed by atoms with van der Waals surface area (Å²) in [5.74, 6) is 1.62. The molecule has 0 saturated carbocycles. The fourth-order valence-corrected chi connectivity index (χ4v) is 2.16. The lowest BCUT2D eigenvalue weighted by Crippen LogP contribution is -2.24. The fraction of sp³-hybridized carbons (Fsp3) is 1.00. The van der Waals surface area contributed by atoms with Crippen LogP contribution >= 0.6 is 0 Å². The molecule has 1 fully saturated rings. The summed E-state index contributed by atoms with van der Waals surface area (Å²) in [5.41, 5.74) is 0.456. The lowest BCUT2D eigenvalue weighted by atomic mass is 9.90. The first kappa shape index (κ1) is 14.0. The van der Waals surface area contributed by atoms with Crippen LogP contribution in [-0.2, 0) is 4.74 Å². The minimum atomic E-state index is 0.456. The SMILES string of the molecule is CC(CCNCCC(C)(C)C)C1CCOC1. The van der Waals surface area contributed by atoms with E-state index in [1.54, 1.807) is 0 Å². The summed E-state index contributed by atoms with van der Waals surface area (Å²) in [6.07, 6.45) is 3.81. The maximum Gasteiger partial charge on any atom is 0.0497 e. The predicted octanol–water partition coefficient (Wildman–Crippen LogP) is 3.07. The second kappa shape index (κ2) is 6.61. The van der Waals surface area contributed by atoms with Crippen LogP contribution in [0.2, 0.25) is 0 Å². The van der Waals surface area contributed by atoms with E-state index >= 15 is 0 Å². The van der Waals surface area contributed by atoms with E-state index in [1.807, 2.05) is 0 Å². The third-order valence-corrected chi connectivity index (χ3v) is 3.60. The Balaban J connectivity index is 1.98. The molecule has 0 aromatic heterocycles. The molecule has 0 aromatic rings. The van der Waals surface area contributed by atoms with Crippen LogP contribution in [0.1, 0.15) is 47.0 Å². The van der Waals surface area contributed by atoms with Crippen LogP contribution in [0.15, 0.2) is 0 Å². The van der Waals surface area contributed by atoms with Crippen molar-refractivity contribution in [1.82, 2.24) is 5.32 Å². The van der Waals surface area contributed by atoms with Crippen LogP contribution in [0.25, 0.3) is 0 Å². The molecule has 0 aliphatic carbocycles. The van der Waals surface area contributed by atoms with E-state index in [1.165, 1.54) is 19.3 Å². The van der Waals surface area contributed by atoms with Gasteiger partial charge in [-0.05, 0) is 49.6 Å². The number of ether oxygens (including phenoxy) is 1. The maximum atomic E-state index is 5.43. The summed E-state index contributed by atoms with van der Waals surface area (Å²) in [7, 11) is 0. The highest BCUT2D eigenvalue weighted by Gasteiger charge is 2.21. The van der Waals surface area contributed by atoms with Crippen molar-refractivity contribution in [1.29, 1.82) is 0 Å². The van der Waals surface area contributed by atoms with Gasteiger partial charge in [0.1, 0.15) is 0 Å². The van der Waals surface area contributed by atoms with Crippen molar-refractivity contribution in [3.8, 4) is 0 Å². The van der Waals surface area contributed by atoms with Gasteiger partial charge < -0.3 is 10.1 Å². The Bertz CT molecular complexity index is 180. The van der Waals surface area contributed by atoms with Crippen molar-refractivity contribution in [3.63, 3.8) is 0 Å². The van der Waals surface area contributed by atoms with Gasteiger partial charge >= 0.3 is 0 Å². The van der Waals surface area contributed by atoms with Crippen molar-refractivity contribution in [2.24, 2.45) is 17.3 Å². The van der Waals surface area contributed by atoms with Crippen molar-refractivity contribution >= 4 is 0 Å². The van der Waals surface area contributed by atoms with Gasteiger partial charge in [0.15, 0.2) is 0 Å². The van der Waals surface area contributed by atoms with Gasteiger partial charge in [-0.2, -0.15) is 0 Å². The summed E-state index contributed by atoms with van der Waals surface area (Å²) in [6, 6.07) is 0. The molecule has 1 rings (SSSR count). The van der Waals surface area contributed by atoms with Gasteiger partial charge in [0.25, 0.3) is 0 Å². The molecule has 2 nitrogen and oxygen atoms in total. The Kier molecular flexibility index (Phi) is 5.77. The Hall–Kier alpha value is -0.0800. The summed E-state index contributed by atoms with van der Waals surface area (Å²) in [6.45, 7) is 13.5. The van der Waals surface area contributed by atoms with Crippen LogP contribution < -0.4 is 5.32 Å². The maximum absolute atomic E-state index is 5.43. The quantitative estimate of drug-likeness (QED) is 0.704. The molecule has 1 N–H and O–H groups in total. The second-order valence-electron chi connectivity index (χ2n) is 6.45.